The lowest BCUT2D eigenvalue weighted by Gasteiger charge is -2.16. The van der Waals surface area contributed by atoms with Crippen LogP contribution in [0.15, 0.2) is 23.1 Å². The van der Waals surface area contributed by atoms with E-state index in [-0.39, 0.29) is 0 Å². The number of rotatable bonds is 4. The molecule has 0 saturated carbocycles. The van der Waals surface area contributed by atoms with E-state index in [0.29, 0.717) is 10.6 Å². The molecule has 1 aromatic rings. The van der Waals surface area contributed by atoms with Crippen molar-refractivity contribution in [2.24, 2.45) is 5.73 Å². The molecular formula is C10H13F2NOS. The van der Waals surface area contributed by atoms with Crippen LogP contribution in [0.3, 0.4) is 0 Å². The Morgan fingerprint density at radius 3 is 2.73 bits per heavy atom. The maximum atomic E-state index is 12.8. The number of ether oxygens (including phenoxy) is 1. The van der Waals surface area contributed by atoms with Crippen LogP contribution in [0.1, 0.15) is 5.56 Å². The normalized spacial score (nSPS) is 11.5. The molecule has 1 aromatic carbocycles. The minimum Gasteiger partial charge on any atom is -0.486 e. The van der Waals surface area contributed by atoms with Crippen molar-refractivity contribution < 1.29 is 13.5 Å². The molecule has 0 bridgehead atoms. The van der Waals surface area contributed by atoms with E-state index in [0.717, 1.165) is 5.56 Å². The first-order valence-corrected chi connectivity index (χ1v) is 4.90. The molecule has 84 valence electrons. The highest BCUT2D eigenvalue weighted by Crippen LogP contribution is 2.26. The van der Waals surface area contributed by atoms with E-state index in [1.165, 1.54) is 0 Å². The number of thiol groups is 1. The van der Waals surface area contributed by atoms with Crippen LogP contribution in [-0.2, 0) is 0 Å². The van der Waals surface area contributed by atoms with Crippen LogP contribution in [0, 0.1) is 6.92 Å². The number of halogens is 2. The maximum absolute atomic E-state index is 12.8. The van der Waals surface area contributed by atoms with E-state index < -0.39 is 19.1 Å². The van der Waals surface area contributed by atoms with Crippen LogP contribution in [-0.4, -0.2) is 19.1 Å². The smallest absolute Gasteiger partial charge is 0.293 e. The third-order valence-corrected chi connectivity index (χ3v) is 2.51. The van der Waals surface area contributed by atoms with E-state index in [9.17, 15) is 8.78 Å². The third kappa shape index (κ3) is 3.35. The Morgan fingerprint density at radius 2 is 2.13 bits per heavy atom. The Morgan fingerprint density at radius 1 is 1.47 bits per heavy atom. The summed E-state index contributed by atoms with van der Waals surface area (Å²) in [7, 11) is 0. The summed E-state index contributed by atoms with van der Waals surface area (Å²) in [6.07, 6.45) is 0. The van der Waals surface area contributed by atoms with Gasteiger partial charge in [0.2, 0.25) is 0 Å². The summed E-state index contributed by atoms with van der Waals surface area (Å²) in [4.78, 5) is 0.574. The van der Waals surface area contributed by atoms with Gasteiger partial charge in [-0.25, -0.2) is 8.78 Å². The Bertz CT molecular complexity index is 344. The van der Waals surface area contributed by atoms with Crippen molar-refractivity contribution in [1.29, 1.82) is 0 Å². The van der Waals surface area contributed by atoms with Gasteiger partial charge >= 0.3 is 0 Å². The Labute approximate surface area is 92.8 Å². The van der Waals surface area contributed by atoms with Crippen LogP contribution in [0.5, 0.6) is 5.75 Å². The summed E-state index contributed by atoms with van der Waals surface area (Å²) in [6, 6.07) is 5.16. The lowest BCUT2D eigenvalue weighted by Crippen LogP contribution is -2.34. The minimum atomic E-state index is -3.00. The third-order valence-electron chi connectivity index (χ3n) is 1.94. The monoisotopic (exact) mass is 233 g/mol. The zero-order chi connectivity index (χ0) is 11.5. The lowest BCUT2D eigenvalue weighted by molar-refractivity contribution is -0.0326. The zero-order valence-corrected chi connectivity index (χ0v) is 9.23. The Hall–Kier alpha value is -0.810. The second-order valence-corrected chi connectivity index (χ2v) is 3.72. The molecule has 0 radical (unpaired) electrons. The van der Waals surface area contributed by atoms with Crippen molar-refractivity contribution in [3.8, 4) is 5.75 Å². The molecule has 0 heterocycles. The largest absolute Gasteiger partial charge is 0.486 e. The molecule has 0 amide bonds. The van der Waals surface area contributed by atoms with Gasteiger partial charge in [-0.2, -0.15) is 0 Å². The highest BCUT2D eigenvalue weighted by molar-refractivity contribution is 7.80. The zero-order valence-electron chi connectivity index (χ0n) is 8.34. The van der Waals surface area contributed by atoms with Crippen LogP contribution in [0.2, 0.25) is 0 Å². The van der Waals surface area contributed by atoms with E-state index in [4.69, 9.17) is 10.5 Å². The van der Waals surface area contributed by atoms with Gasteiger partial charge in [0.1, 0.15) is 5.75 Å². The molecule has 0 aliphatic carbocycles. The maximum Gasteiger partial charge on any atom is 0.293 e. The first-order chi connectivity index (χ1) is 6.96. The quantitative estimate of drug-likeness (QED) is 0.782. The topological polar surface area (TPSA) is 35.2 Å². The van der Waals surface area contributed by atoms with E-state index in [1.54, 1.807) is 12.1 Å². The fraction of sp³-hybridized carbons (Fsp3) is 0.400. The summed E-state index contributed by atoms with van der Waals surface area (Å²) in [5.41, 5.74) is 5.77. The number of nitrogens with two attached hydrogens (primary N) is 1. The first-order valence-electron chi connectivity index (χ1n) is 4.45. The fourth-order valence-electron chi connectivity index (χ4n) is 0.991. The summed E-state index contributed by atoms with van der Waals surface area (Å²) < 4.78 is 30.6. The van der Waals surface area contributed by atoms with Crippen molar-refractivity contribution in [2.45, 2.75) is 17.7 Å². The van der Waals surface area contributed by atoms with Crippen LogP contribution >= 0.6 is 12.6 Å². The number of hydrogen-bond donors (Lipinski definition) is 2. The predicted octanol–water partition coefficient (Wildman–Crippen LogP) is 2.26. The van der Waals surface area contributed by atoms with Crippen molar-refractivity contribution in [3.05, 3.63) is 23.8 Å². The molecule has 0 aliphatic heterocycles. The Balaban J connectivity index is 2.70. The molecule has 5 heteroatoms. The molecule has 0 saturated heterocycles. The molecular weight excluding hydrogens is 220 g/mol. The molecule has 0 aliphatic rings. The van der Waals surface area contributed by atoms with Gasteiger partial charge in [0.05, 0.1) is 6.54 Å². The van der Waals surface area contributed by atoms with Gasteiger partial charge in [-0.3, -0.25) is 0 Å². The molecule has 2 nitrogen and oxygen atoms in total. The summed E-state index contributed by atoms with van der Waals surface area (Å²) in [6.45, 7) is 0.386. The predicted molar refractivity (Wildman–Crippen MR) is 57.9 cm³/mol. The van der Waals surface area contributed by atoms with Gasteiger partial charge < -0.3 is 10.5 Å². The molecule has 1 rings (SSSR count). The summed E-state index contributed by atoms with van der Waals surface area (Å²) in [5.74, 6) is -2.64. The standard InChI is InChI=1S/C10H13F2NOS/c1-7-3-2-4-8(9(7)15)14-6-10(11,12)5-13/h2-4,15H,5-6,13H2,1H3. The Kier molecular flexibility index (Phi) is 3.93. The van der Waals surface area contributed by atoms with Crippen molar-refractivity contribution in [1.82, 2.24) is 0 Å². The second-order valence-electron chi connectivity index (χ2n) is 3.27. The number of benzene rings is 1. The van der Waals surface area contributed by atoms with Crippen molar-refractivity contribution >= 4 is 12.6 Å². The highest BCUT2D eigenvalue weighted by Gasteiger charge is 2.28. The molecule has 2 N–H and O–H groups in total. The number of aryl methyl sites for hydroxylation is 1. The molecule has 0 spiro atoms. The van der Waals surface area contributed by atoms with Crippen molar-refractivity contribution in [3.63, 3.8) is 0 Å². The molecule has 0 aromatic heterocycles. The average Bonchev–Trinajstić information content (AvgIpc) is 2.20. The van der Waals surface area contributed by atoms with Gasteiger partial charge in [-0.1, -0.05) is 12.1 Å². The van der Waals surface area contributed by atoms with Crippen molar-refractivity contribution in [2.75, 3.05) is 13.2 Å². The minimum absolute atomic E-state index is 0.353. The SMILES string of the molecule is Cc1cccc(OCC(F)(F)CN)c1S. The van der Waals surface area contributed by atoms with Gasteiger partial charge in [0.25, 0.3) is 5.92 Å². The van der Waals surface area contributed by atoms with E-state index in [1.807, 2.05) is 13.0 Å². The molecule has 15 heavy (non-hydrogen) atoms. The summed E-state index contributed by atoms with van der Waals surface area (Å²) in [5, 5.41) is 0. The van der Waals surface area contributed by atoms with E-state index in [2.05, 4.69) is 12.6 Å². The van der Waals surface area contributed by atoms with Crippen LogP contribution in [0.25, 0.3) is 0 Å². The summed E-state index contributed by atoms with van der Waals surface area (Å²) >= 11 is 4.17. The lowest BCUT2D eigenvalue weighted by atomic mass is 10.2. The van der Waals surface area contributed by atoms with Gasteiger partial charge in [0, 0.05) is 4.90 Å². The molecule has 0 unspecified atom stereocenters. The molecule has 0 fully saturated rings. The first kappa shape index (κ1) is 12.3. The van der Waals surface area contributed by atoms with Gasteiger partial charge in [-0.15, -0.1) is 12.6 Å². The van der Waals surface area contributed by atoms with E-state index >= 15 is 0 Å². The molecule has 0 atom stereocenters. The fourth-order valence-corrected chi connectivity index (χ4v) is 1.20. The number of hydrogen-bond acceptors (Lipinski definition) is 3. The van der Waals surface area contributed by atoms with Gasteiger partial charge in [-0.05, 0) is 18.6 Å². The van der Waals surface area contributed by atoms with Crippen LogP contribution < -0.4 is 10.5 Å². The highest BCUT2D eigenvalue weighted by atomic mass is 32.1. The number of alkyl halides is 2. The second kappa shape index (κ2) is 4.81. The van der Waals surface area contributed by atoms with Gasteiger partial charge in [0.15, 0.2) is 6.61 Å². The van der Waals surface area contributed by atoms with Crippen LogP contribution in [0.4, 0.5) is 8.78 Å². The average molecular weight is 233 g/mol.